The first-order valence-corrected chi connectivity index (χ1v) is 12.2. The minimum absolute atomic E-state index is 0.166. The molecule has 7 nitrogen and oxygen atoms in total. The van der Waals surface area contributed by atoms with Crippen LogP contribution in [0.3, 0.4) is 0 Å². The first-order valence-electron chi connectivity index (χ1n) is 12.2. The molecule has 1 saturated heterocycles. The second kappa shape index (κ2) is 10.2. The first-order chi connectivity index (χ1) is 17.0. The Hall–Kier alpha value is -3.84. The molecule has 4 heterocycles. The van der Waals surface area contributed by atoms with Gasteiger partial charge in [-0.25, -0.2) is 9.97 Å². The SMILES string of the molecule is CC(C)Nc1cncc(-c2ccc3cnc(NC(=O)c4cccc(C5CCNCC5)c4)cc3n2)c1. The van der Waals surface area contributed by atoms with Crippen molar-refractivity contribution < 1.29 is 4.79 Å². The van der Waals surface area contributed by atoms with Crippen molar-refractivity contribution in [3.8, 4) is 11.3 Å². The second-order valence-corrected chi connectivity index (χ2v) is 9.32. The van der Waals surface area contributed by atoms with Gasteiger partial charge in [-0.1, -0.05) is 12.1 Å². The number of anilines is 2. The Balaban J connectivity index is 1.36. The monoisotopic (exact) mass is 466 g/mol. The van der Waals surface area contributed by atoms with E-state index >= 15 is 0 Å². The molecule has 1 aromatic carbocycles. The highest BCUT2D eigenvalue weighted by Crippen LogP contribution is 2.27. The molecule has 0 bridgehead atoms. The van der Waals surface area contributed by atoms with Crippen LogP contribution in [-0.4, -0.2) is 40.0 Å². The van der Waals surface area contributed by atoms with Gasteiger partial charge in [-0.2, -0.15) is 0 Å². The van der Waals surface area contributed by atoms with Gasteiger partial charge in [0.1, 0.15) is 5.82 Å². The number of amides is 1. The fourth-order valence-electron chi connectivity index (χ4n) is 4.52. The van der Waals surface area contributed by atoms with Crippen molar-refractivity contribution in [2.24, 2.45) is 0 Å². The Kier molecular flexibility index (Phi) is 6.68. The van der Waals surface area contributed by atoms with Gasteiger partial charge in [-0.3, -0.25) is 9.78 Å². The number of benzene rings is 1. The number of nitrogens with zero attached hydrogens (tertiary/aromatic N) is 3. The van der Waals surface area contributed by atoms with Gasteiger partial charge in [0.15, 0.2) is 0 Å². The van der Waals surface area contributed by atoms with E-state index < -0.39 is 0 Å². The Morgan fingerprint density at radius 3 is 2.71 bits per heavy atom. The molecule has 1 aliphatic rings. The lowest BCUT2D eigenvalue weighted by molar-refractivity contribution is 0.102. The van der Waals surface area contributed by atoms with E-state index in [9.17, 15) is 4.79 Å². The third kappa shape index (κ3) is 5.46. The molecule has 178 valence electrons. The lowest BCUT2D eigenvalue weighted by atomic mass is 9.89. The van der Waals surface area contributed by atoms with Crippen molar-refractivity contribution in [3.05, 3.63) is 78.2 Å². The highest BCUT2D eigenvalue weighted by molar-refractivity contribution is 6.04. The minimum Gasteiger partial charge on any atom is -0.382 e. The van der Waals surface area contributed by atoms with Crippen LogP contribution in [0.4, 0.5) is 11.5 Å². The number of nitrogens with one attached hydrogen (secondary N) is 3. The molecule has 1 fully saturated rings. The Morgan fingerprint density at radius 2 is 1.89 bits per heavy atom. The maximum atomic E-state index is 13.0. The third-order valence-electron chi connectivity index (χ3n) is 6.26. The largest absolute Gasteiger partial charge is 0.382 e. The molecule has 0 atom stereocenters. The number of carbonyl (C=O) groups is 1. The fourth-order valence-corrected chi connectivity index (χ4v) is 4.52. The zero-order valence-electron chi connectivity index (χ0n) is 20.1. The number of pyridine rings is 3. The molecule has 0 spiro atoms. The summed E-state index contributed by atoms with van der Waals surface area (Å²) in [5, 5.41) is 10.6. The average Bonchev–Trinajstić information content (AvgIpc) is 2.88. The fraction of sp³-hybridized carbons (Fsp3) is 0.286. The topological polar surface area (TPSA) is 91.8 Å². The molecule has 1 aliphatic heterocycles. The van der Waals surface area contributed by atoms with Crippen LogP contribution in [0.2, 0.25) is 0 Å². The number of hydrogen-bond donors (Lipinski definition) is 3. The number of piperidine rings is 1. The summed E-state index contributed by atoms with van der Waals surface area (Å²) in [4.78, 5) is 26.6. The van der Waals surface area contributed by atoms with Crippen LogP contribution in [0.25, 0.3) is 22.2 Å². The summed E-state index contributed by atoms with van der Waals surface area (Å²) in [5.74, 6) is 0.808. The molecule has 35 heavy (non-hydrogen) atoms. The van der Waals surface area contributed by atoms with Crippen LogP contribution < -0.4 is 16.0 Å². The number of rotatable bonds is 6. The minimum atomic E-state index is -0.166. The lowest BCUT2D eigenvalue weighted by Crippen LogP contribution is -2.26. The van der Waals surface area contributed by atoms with Gasteiger partial charge in [0.2, 0.25) is 0 Å². The Morgan fingerprint density at radius 1 is 1.03 bits per heavy atom. The summed E-state index contributed by atoms with van der Waals surface area (Å²) in [6, 6.07) is 16.1. The summed E-state index contributed by atoms with van der Waals surface area (Å²) in [7, 11) is 0. The van der Waals surface area contributed by atoms with Crippen LogP contribution in [0, 0.1) is 0 Å². The van der Waals surface area contributed by atoms with Crippen LogP contribution >= 0.6 is 0 Å². The van der Waals surface area contributed by atoms with Gasteiger partial charge in [0, 0.05) is 47.2 Å². The van der Waals surface area contributed by atoms with Gasteiger partial charge in [0.05, 0.1) is 16.9 Å². The normalized spacial score (nSPS) is 14.3. The molecular weight excluding hydrogens is 436 g/mol. The van der Waals surface area contributed by atoms with Crippen molar-refractivity contribution in [1.29, 1.82) is 0 Å². The summed E-state index contributed by atoms with van der Waals surface area (Å²) < 4.78 is 0. The summed E-state index contributed by atoms with van der Waals surface area (Å²) in [6.45, 7) is 6.22. The molecule has 4 aromatic rings. The van der Waals surface area contributed by atoms with Gasteiger partial charge >= 0.3 is 0 Å². The van der Waals surface area contributed by atoms with Gasteiger partial charge in [0.25, 0.3) is 5.91 Å². The first kappa shape index (κ1) is 22.9. The van der Waals surface area contributed by atoms with E-state index in [0.717, 1.165) is 53.8 Å². The van der Waals surface area contributed by atoms with Crippen LogP contribution in [0.5, 0.6) is 0 Å². The Labute approximate surface area is 205 Å². The van der Waals surface area contributed by atoms with Crippen LogP contribution in [0.1, 0.15) is 48.5 Å². The molecule has 7 heteroatoms. The quantitative estimate of drug-likeness (QED) is 0.360. The van der Waals surface area contributed by atoms with Crippen LogP contribution in [0.15, 0.2) is 67.1 Å². The van der Waals surface area contributed by atoms with Gasteiger partial charge < -0.3 is 16.0 Å². The highest BCUT2D eigenvalue weighted by atomic mass is 16.1. The van der Waals surface area contributed by atoms with Crippen LogP contribution in [-0.2, 0) is 0 Å². The molecule has 5 rings (SSSR count). The molecule has 3 N–H and O–H groups in total. The van der Waals surface area contributed by atoms with E-state index in [4.69, 9.17) is 4.98 Å². The maximum absolute atomic E-state index is 13.0. The molecular formula is C28H30N6O. The van der Waals surface area contributed by atoms with E-state index in [1.165, 1.54) is 5.56 Å². The summed E-state index contributed by atoms with van der Waals surface area (Å²) >= 11 is 0. The highest BCUT2D eigenvalue weighted by Gasteiger charge is 2.17. The maximum Gasteiger partial charge on any atom is 0.256 e. The van der Waals surface area contributed by atoms with E-state index in [2.05, 4.69) is 45.8 Å². The number of hydrogen-bond acceptors (Lipinski definition) is 6. The molecule has 1 amide bonds. The van der Waals surface area contributed by atoms with Crippen molar-refractivity contribution in [3.63, 3.8) is 0 Å². The molecule has 0 unspecified atom stereocenters. The van der Waals surface area contributed by atoms with E-state index in [1.54, 1.807) is 12.4 Å². The predicted molar refractivity (Wildman–Crippen MR) is 141 cm³/mol. The van der Waals surface area contributed by atoms with Crippen molar-refractivity contribution >= 4 is 28.3 Å². The molecule has 0 saturated carbocycles. The van der Waals surface area contributed by atoms with E-state index in [1.807, 2.05) is 48.7 Å². The standard InChI is InChI=1S/C28H30N6O/c1-18(2)32-24-13-23(15-30-17-24)25-7-6-22-16-31-27(14-26(22)33-25)34-28(35)21-5-3-4-20(12-21)19-8-10-29-11-9-19/h3-7,12-19,29,32H,8-11H2,1-2H3,(H,31,34,35). The smallest absolute Gasteiger partial charge is 0.256 e. The average molecular weight is 467 g/mol. The number of carbonyl (C=O) groups excluding carboxylic acids is 1. The van der Waals surface area contributed by atoms with Gasteiger partial charge in [-0.15, -0.1) is 0 Å². The Bertz CT molecular complexity index is 1350. The zero-order valence-corrected chi connectivity index (χ0v) is 20.1. The summed E-state index contributed by atoms with van der Waals surface area (Å²) in [5.41, 5.74) is 5.32. The molecule has 0 aliphatic carbocycles. The lowest BCUT2D eigenvalue weighted by Gasteiger charge is -2.23. The van der Waals surface area contributed by atoms with Gasteiger partial charge in [-0.05, 0) is 81.6 Å². The van der Waals surface area contributed by atoms with Crippen molar-refractivity contribution in [2.45, 2.75) is 38.6 Å². The summed E-state index contributed by atoms with van der Waals surface area (Å²) in [6.07, 6.45) is 7.54. The molecule has 0 radical (unpaired) electrons. The van der Waals surface area contributed by atoms with E-state index in [0.29, 0.717) is 23.3 Å². The predicted octanol–water partition coefficient (Wildman–Crippen LogP) is 5.23. The molecule has 3 aromatic heterocycles. The van der Waals surface area contributed by atoms with Crippen molar-refractivity contribution in [2.75, 3.05) is 23.7 Å². The van der Waals surface area contributed by atoms with Crippen molar-refractivity contribution in [1.82, 2.24) is 20.3 Å². The third-order valence-corrected chi connectivity index (χ3v) is 6.26. The number of fused-ring (bicyclic) bond motifs is 1. The second-order valence-electron chi connectivity index (χ2n) is 9.32. The van der Waals surface area contributed by atoms with E-state index in [-0.39, 0.29) is 5.91 Å². The zero-order chi connectivity index (χ0) is 24.2. The number of aromatic nitrogens is 3.